The van der Waals surface area contributed by atoms with E-state index < -0.39 is 0 Å². The average Bonchev–Trinajstić information content (AvgIpc) is 2.71. The molecule has 0 amide bonds. The van der Waals surface area contributed by atoms with E-state index in [0.29, 0.717) is 12.5 Å². The number of pyridine rings is 1. The Balaban J connectivity index is 2.17. The van der Waals surface area contributed by atoms with Gasteiger partial charge in [0.25, 0.3) is 0 Å². The molecule has 1 aromatic heterocycles. The summed E-state index contributed by atoms with van der Waals surface area (Å²) in [6.07, 6.45) is 3.53. The summed E-state index contributed by atoms with van der Waals surface area (Å²) in [5.41, 5.74) is 1.08. The van der Waals surface area contributed by atoms with E-state index in [-0.39, 0.29) is 11.9 Å². The molecule has 4 nitrogen and oxygen atoms in total. The zero-order valence-corrected chi connectivity index (χ0v) is 11.5. The minimum atomic E-state index is -0.120. The van der Waals surface area contributed by atoms with Crippen LogP contribution in [0.4, 0.5) is 5.69 Å². The summed E-state index contributed by atoms with van der Waals surface area (Å²) < 4.78 is 5.79. The van der Waals surface area contributed by atoms with E-state index in [0.717, 1.165) is 16.7 Å². The molecule has 0 aromatic carbocycles. The second kappa shape index (κ2) is 5.04. The maximum atomic E-state index is 11.6. The number of methoxy groups -OCH3 is 1. The van der Waals surface area contributed by atoms with Crippen molar-refractivity contribution in [1.29, 1.82) is 0 Å². The van der Waals surface area contributed by atoms with Gasteiger partial charge in [-0.1, -0.05) is 6.92 Å². The van der Waals surface area contributed by atoms with Crippen molar-refractivity contribution in [3.05, 3.63) is 22.9 Å². The number of hydrogen-bond donors (Lipinski definition) is 0. The zero-order valence-electron chi connectivity index (χ0n) is 9.89. The van der Waals surface area contributed by atoms with Gasteiger partial charge in [0.2, 0.25) is 0 Å². The van der Waals surface area contributed by atoms with Gasteiger partial charge in [-0.15, -0.1) is 0 Å². The summed E-state index contributed by atoms with van der Waals surface area (Å²) in [6.45, 7) is 3.65. The van der Waals surface area contributed by atoms with E-state index >= 15 is 0 Å². The summed E-state index contributed by atoms with van der Waals surface area (Å²) in [5, 5.41) is 0. The third-order valence-electron chi connectivity index (χ3n) is 3.21. The number of ether oxygens (including phenoxy) is 1. The highest BCUT2D eigenvalue weighted by molar-refractivity contribution is 9.10. The Morgan fingerprint density at radius 1 is 1.59 bits per heavy atom. The van der Waals surface area contributed by atoms with Crippen LogP contribution in [-0.2, 0) is 9.53 Å². The minimum Gasteiger partial charge on any atom is -0.469 e. The number of rotatable bonds is 2. The molecule has 0 spiro atoms. The summed E-state index contributed by atoms with van der Waals surface area (Å²) >= 11 is 3.48. The van der Waals surface area contributed by atoms with Crippen molar-refractivity contribution in [1.82, 2.24) is 4.98 Å². The zero-order chi connectivity index (χ0) is 12.4. The third-order valence-corrected chi connectivity index (χ3v) is 3.82. The molecule has 1 saturated heterocycles. The molecule has 1 fully saturated rings. The molecule has 0 bridgehead atoms. The Bertz CT molecular complexity index is 425. The Labute approximate surface area is 109 Å². The Hall–Kier alpha value is -1.10. The molecule has 2 heterocycles. The van der Waals surface area contributed by atoms with Crippen molar-refractivity contribution in [3.63, 3.8) is 0 Å². The van der Waals surface area contributed by atoms with Crippen LogP contribution in [0.15, 0.2) is 22.9 Å². The molecule has 1 aliphatic rings. The van der Waals surface area contributed by atoms with Crippen molar-refractivity contribution >= 4 is 27.6 Å². The molecule has 92 valence electrons. The van der Waals surface area contributed by atoms with E-state index in [2.05, 4.69) is 32.7 Å². The lowest BCUT2D eigenvalue weighted by Crippen LogP contribution is -2.24. The Morgan fingerprint density at radius 3 is 3.00 bits per heavy atom. The van der Waals surface area contributed by atoms with E-state index in [1.807, 2.05) is 6.07 Å². The van der Waals surface area contributed by atoms with Crippen LogP contribution in [0.3, 0.4) is 0 Å². The Kier molecular flexibility index (Phi) is 3.66. The van der Waals surface area contributed by atoms with Crippen LogP contribution in [-0.4, -0.2) is 31.2 Å². The molecule has 0 N–H and O–H groups in total. The van der Waals surface area contributed by atoms with Crippen LogP contribution in [0.5, 0.6) is 0 Å². The monoisotopic (exact) mass is 298 g/mol. The lowest BCUT2D eigenvalue weighted by molar-refractivity contribution is -0.145. The minimum absolute atomic E-state index is 0.0416. The molecule has 1 aromatic rings. The predicted octanol–water partition coefficient (Wildman–Crippen LogP) is 2.09. The van der Waals surface area contributed by atoms with Gasteiger partial charge in [-0.05, 0) is 27.9 Å². The first kappa shape index (κ1) is 12.4. The topological polar surface area (TPSA) is 42.4 Å². The number of aromatic nitrogens is 1. The molecule has 0 aliphatic carbocycles. The normalized spacial score (nSPS) is 23.8. The molecule has 2 atom stereocenters. The average molecular weight is 299 g/mol. The van der Waals surface area contributed by atoms with Gasteiger partial charge >= 0.3 is 5.97 Å². The van der Waals surface area contributed by atoms with Crippen molar-refractivity contribution < 1.29 is 9.53 Å². The number of carbonyl (C=O) groups excluding carboxylic acids is 1. The highest BCUT2D eigenvalue weighted by Crippen LogP contribution is 2.32. The van der Waals surface area contributed by atoms with E-state index in [4.69, 9.17) is 4.74 Å². The number of hydrogen-bond acceptors (Lipinski definition) is 4. The van der Waals surface area contributed by atoms with Crippen molar-refractivity contribution in [3.8, 4) is 0 Å². The molecule has 2 rings (SSSR count). The van der Waals surface area contributed by atoms with Gasteiger partial charge in [-0.2, -0.15) is 0 Å². The molecule has 2 unspecified atom stereocenters. The van der Waals surface area contributed by atoms with Gasteiger partial charge in [0.05, 0.1) is 23.2 Å². The molecule has 0 radical (unpaired) electrons. The van der Waals surface area contributed by atoms with Crippen LogP contribution in [0.1, 0.15) is 6.92 Å². The van der Waals surface area contributed by atoms with Crippen LogP contribution >= 0.6 is 15.9 Å². The SMILES string of the molecule is COC(=O)C1CN(c2ccncc2Br)CC1C. The van der Waals surface area contributed by atoms with Crippen LogP contribution in [0, 0.1) is 11.8 Å². The smallest absolute Gasteiger partial charge is 0.310 e. The van der Waals surface area contributed by atoms with Gasteiger partial charge in [-0.3, -0.25) is 9.78 Å². The third kappa shape index (κ3) is 2.44. The van der Waals surface area contributed by atoms with Gasteiger partial charge in [0.15, 0.2) is 0 Å². The summed E-state index contributed by atoms with van der Waals surface area (Å²) in [5.74, 6) is 0.146. The maximum absolute atomic E-state index is 11.6. The summed E-state index contributed by atoms with van der Waals surface area (Å²) in [7, 11) is 1.44. The van der Waals surface area contributed by atoms with Gasteiger partial charge in [0, 0.05) is 25.5 Å². The number of esters is 1. The van der Waals surface area contributed by atoms with Gasteiger partial charge in [-0.25, -0.2) is 0 Å². The van der Waals surface area contributed by atoms with Crippen molar-refractivity contribution in [2.75, 3.05) is 25.1 Å². The fourth-order valence-corrected chi connectivity index (χ4v) is 2.75. The molecule has 17 heavy (non-hydrogen) atoms. The number of carbonyl (C=O) groups is 1. The van der Waals surface area contributed by atoms with E-state index in [9.17, 15) is 4.79 Å². The molecular weight excluding hydrogens is 284 g/mol. The molecule has 0 saturated carbocycles. The second-order valence-corrected chi connectivity index (χ2v) is 5.19. The van der Waals surface area contributed by atoms with Crippen LogP contribution in [0.25, 0.3) is 0 Å². The lowest BCUT2D eigenvalue weighted by Gasteiger charge is -2.19. The first-order chi connectivity index (χ1) is 8.13. The number of anilines is 1. The standard InChI is InChI=1S/C12H15BrN2O2/c1-8-6-15(7-9(8)12(16)17-2)11-3-4-14-5-10(11)13/h3-5,8-9H,6-7H2,1-2H3. The van der Waals surface area contributed by atoms with Gasteiger partial charge in [0.1, 0.15) is 0 Å². The first-order valence-corrected chi connectivity index (χ1v) is 6.35. The fraction of sp³-hybridized carbons (Fsp3) is 0.500. The first-order valence-electron chi connectivity index (χ1n) is 5.55. The molecular formula is C12H15BrN2O2. The quantitative estimate of drug-likeness (QED) is 0.784. The van der Waals surface area contributed by atoms with Crippen LogP contribution in [0.2, 0.25) is 0 Å². The maximum Gasteiger partial charge on any atom is 0.310 e. The molecule has 1 aliphatic heterocycles. The highest BCUT2D eigenvalue weighted by atomic mass is 79.9. The highest BCUT2D eigenvalue weighted by Gasteiger charge is 2.36. The number of nitrogens with zero attached hydrogens (tertiary/aromatic N) is 2. The largest absolute Gasteiger partial charge is 0.469 e. The summed E-state index contributed by atoms with van der Waals surface area (Å²) in [4.78, 5) is 17.8. The lowest BCUT2D eigenvalue weighted by atomic mass is 9.99. The van der Waals surface area contributed by atoms with Crippen LogP contribution < -0.4 is 4.90 Å². The predicted molar refractivity (Wildman–Crippen MR) is 68.8 cm³/mol. The van der Waals surface area contributed by atoms with Gasteiger partial charge < -0.3 is 9.64 Å². The van der Waals surface area contributed by atoms with Crippen molar-refractivity contribution in [2.24, 2.45) is 11.8 Å². The van der Waals surface area contributed by atoms with E-state index in [1.165, 1.54) is 7.11 Å². The van der Waals surface area contributed by atoms with E-state index in [1.54, 1.807) is 12.4 Å². The Morgan fingerprint density at radius 2 is 2.35 bits per heavy atom. The molecule has 5 heteroatoms. The second-order valence-electron chi connectivity index (χ2n) is 4.34. The van der Waals surface area contributed by atoms with Crippen molar-refractivity contribution in [2.45, 2.75) is 6.92 Å². The fourth-order valence-electron chi connectivity index (χ4n) is 2.25. The summed E-state index contributed by atoms with van der Waals surface area (Å²) in [6, 6.07) is 1.95. The number of halogens is 1.